The fraction of sp³-hybridized carbons (Fsp3) is 0.391. The molecule has 0 bridgehead atoms. The molecule has 0 radical (unpaired) electrons. The van der Waals surface area contributed by atoms with Gasteiger partial charge in [-0.3, -0.25) is 9.79 Å². The summed E-state index contributed by atoms with van der Waals surface area (Å²) in [6.07, 6.45) is 0.963. The lowest BCUT2D eigenvalue weighted by Gasteiger charge is -2.19. The standard InChI is InChI=1S/C23H29F2N5O/c1-26-23(27-13-16-4-6-18(7-5-16)22(31)29(2)3)28-14-17-10-11-30(15-17)19-8-9-20(24)21(25)12-19/h4-9,12,17H,10-11,13-15H2,1-3H3,(H2,26,27,28). The Morgan fingerprint density at radius 3 is 2.52 bits per heavy atom. The van der Waals surface area contributed by atoms with E-state index < -0.39 is 11.6 Å². The van der Waals surface area contributed by atoms with Gasteiger partial charge in [-0.15, -0.1) is 0 Å². The average Bonchev–Trinajstić information content (AvgIpc) is 3.24. The van der Waals surface area contributed by atoms with Crippen molar-refractivity contribution in [1.82, 2.24) is 15.5 Å². The molecule has 166 valence electrons. The number of nitrogens with one attached hydrogen (secondary N) is 2. The highest BCUT2D eigenvalue weighted by Gasteiger charge is 2.23. The molecule has 1 saturated heterocycles. The van der Waals surface area contributed by atoms with Gasteiger partial charge in [0.15, 0.2) is 17.6 Å². The molecule has 3 rings (SSSR count). The van der Waals surface area contributed by atoms with Crippen LogP contribution in [0.2, 0.25) is 0 Å². The zero-order chi connectivity index (χ0) is 22.4. The molecule has 1 heterocycles. The van der Waals surface area contributed by atoms with Crippen molar-refractivity contribution in [3.8, 4) is 0 Å². The van der Waals surface area contributed by atoms with Gasteiger partial charge in [-0.25, -0.2) is 8.78 Å². The minimum absolute atomic E-state index is 0.0223. The van der Waals surface area contributed by atoms with E-state index in [-0.39, 0.29) is 5.91 Å². The number of carbonyl (C=O) groups excluding carboxylic acids is 1. The van der Waals surface area contributed by atoms with Crippen LogP contribution >= 0.6 is 0 Å². The summed E-state index contributed by atoms with van der Waals surface area (Å²) in [4.78, 5) is 19.8. The minimum atomic E-state index is -0.824. The number of hydrogen-bond acceptors (Lipinski definition) is 3. The molecule has 1 atom stereocenters. The number of rotatable bonds is 6. The number of halogens is 2. The van der Waals surface area contributed by atoms with Gasteiger partial charge in [-0.2, -0.15) is 0 Å². The third kappa shape index (κ3) is 5.93. The van der Waals surface area contributed by atoms with Crippen LogP contribution in [0, 0.1) is 17.6 Å². The van der Waals surface area contributed by atoms with Crippen LogP contribution < -0.4 is 15.5 Å². The van der Waals surface area contributed by atoms with E-state index in [9.17, 15) is 13.6 Å². The molecular formula is C23H29F2N5O. The number of anilines is 1. The molecule has 1 amide bonds. The first-order chi connectivity index (χ1) is 14.9. The van der Waals surface area contributed by atoms with E-state index in [4.69, 9.17) is 0 Å². The third-order valence-electron chi connectivity index (χ3n) is 5.40. The molecule has 31 heavy (non-hydrogen) atoms. The fourth-order valence-electron chi connectivity index (χ4n) is 3.59. The molecule has 0 aliphatic carbocycles. The number of hydrogen-bond donors (Lipinski definition) is 2. The van der Waals surface area contributed by atoms with Crippen molar-refractivity contribution in [1.29, 1.82) is 0 Å². The van der Waals surface area contributed by atoms with E-state index in [0.29, 0.717) is 29.7 Å². The highest BCUT2D eigenvalue weighted by atomic mass is 19.2. The van der Waals surface area contributed by atoms with Crippen molar-refractivity contribution in [2.75, 3.05) is 45.7 Å². The smallest absolute Gasteiger partial charge is 0.253 e. The second kappa shape index (κ2) is 10.2. The molecular weight excluding hydrogens is 400 g/mol. The minimum Gasteiger partial charge on any atom is -0.371 e. The van der Waals surface area contributed by atoms with Crippen molar-refractivity contribution >= 4 is 17.6 Å². The van der Waals surface area contributed by atoms with E-state index in [2.05, 4.69) is 20.5 Å². The summed E-state index contributed by atoms with van der Waals surface area (Å²) in [7, 11) is 5.18. The fourth-order valence-corrected chi connectivity index (χ4v) is 3.59. The van der Waals surface area contributed by atoms with Crippen molar-refractivity contribution in [2.45, 2.75) is 13.0 Å². The molecule has 1 unspecified atom stereocenters. The first-order valence-electron chi connectivity index (χ1n) is 10.3. The number of nitrogens with zero attached hydrogens (tertiary/aromatic N) is 3. The van der Waals surface area contributed by atoms with Crippen LogP contribution in [0.25, 0.3) is 0 Å². The van der Waals surface area contributed by atoms with Gasteiger partial charge >= 0.3 is 0 Å². The van der Waals surface area contributed by atoms with Gasteiger partial charge in [0.05, 0.1) is 0 Å². The number of guanidine groups is 1. The maximum Gasteiger partial charge on any atom is 0.253 e. The summed E-state index contributed by atoms with van der Waals surface area (Å²) in [6, 6.07) is 11.5. The first kappa shape index (κ1) is 22.5. The van der Waals surface area contributed by atoms with Gasteiger partial charge in [0.1, 0.15) is 0 Å². The lowest BCUT2D eigenvalue weighted by Crippen LogP contribution is -2.40. The molecule has 8 heteroatoms. The summed E-state index contributed by atoms with van der Waals surface area (Å²) in [5.41, 5.74) is 2.41. The normalized spacial score (nSPS) is 16.4. The Labute approximate surface area is 182 Å². The Balaban J connectivity index is 1.45. The Kier molecular flexibility index (Phi) is 7.44. The third-order valence-corrected chi connectivity index (χ3v) is 5.40. The summed E-state index contributed by atoms with van der Waals surface area (Å²) in [6.45, 7) is 2.90. The number of amides is 1. The van der Waals surface area contributed by atoms with Crippen molar-refractivity contribution in [3.63, 3.8) is 0 Å². The first-order valence-corrected chi connectivity index (χ1v) is 10.3. The van der Waals surface area contributed by atoms with E-state index in [1.165, 1.54) is 12.1 Å². The zero-order valence-corrected chi connectivity index (χ0v) is 18.2. The predicted molar refractivity (Wildman–Crippen MR) is 119 cm³/mol. The van der Waals surface area contributed by atoms with Gasteiger partial charge in [0.25, 0.3) is 5.91 Å². The van der Waals surface area contributed by atoms with Crippen LogP contribution in [0.15, 0.2) is 47.5 Å². The molecule has 1 fully saturated rings. The molecule has 6 nitrogen and oxygen atoms in total. The lowest BCUT2D eigenvalue weighted by molar-refractivity contribution is 0.0827. The summed E-state index contributed by atoms with van der Waals surface area (Å²) >= 11 is 0. The Hall–Kier alpha value is -3.16. The van der Waals surface area contributed by atoms with E-state index in [1.54, 1.807) is 32.1 Å². The van der Waals surface area contributed by atoms with E-state index in [1.807, 2.05) is 24.3 Å². The molecule has 0 saturated carbocycles. The summed E-state index contributed by atoms with van der Waals surface area (Å²) < 4.78 is 26.6. The Morgan fingerprint density at radius 2 is 1.87 bits per heavy atom. The van der Waals surface area contributed by atoms with Crippen LogP contribution in [0.1, 0.15) is 22.3 Å². The Morgan fingerprint density at radius 1 is 1.13 bits per heavy atom. The van der Waals surface area contributed by atoms with E-state index >= 15 is 0 Å². The quantitative estimate of drug-likeness (QED) is 0.548. The number of carbonyl (C=O) groups is 1. The molecule has 2 N–H and O–H groups in total. The molecule has 0 aromatic heterocycles. The molecule has 0 spiro atoms. The SMILES string of the molecule is CN=C(NCc1ccc(C(=O)N(C)C)cc1)NCC1CCN(c2ccc(F)c(F)c2)C1. The topological polar surface area (TPSA) is 60.0 Å². The Bertz CT molecular complexity index is 930. The molecule has 2 aromatic rings. The number of benzene rings is 2. The van der Waals surface area contributed by atoms with Crippen molar-refractivity contribution in [3.05, 3.63) is 65.2 Å². The maximum atomic E-state index is 13.5. The van der Waals surface area contributed by atoms with Gasteiger partial charge in [0.2, 0.25) is 0 Å². The number of aliphatic imine (C=N–C) groups is 1. The maximum absolute atomic E-state index is 13.5. The van der Waals surface area contributed by atoms with Crippen LogP contribution in [0.4, 0.5) is 14.5 Å². The van der Waals surface area contributed by atoms with Crippen LogP contribution in [0.3, 0.4) is 0 Å². The van der Waals surface area contributed by atoms with Crippen molar-refractivity contribution < 1.29 is 13.6 Å². The van der Waals surface area contributed by atoms with Gasteiger partial charge < -0.3 is 20.4 Å². The van der Waals surface area contributed by atoms with Crippen LogP contribution in [-0.4, -0.2) is 57.5 Å². The summed E-state index contributed by atoms with van der Waals surface area (Å²) in [5.74, 6) is -0.591. The van der Waals surface area contributed by atoms with Gasteiger partial charge in [0, 0.05) is 64.6 Å². The second-order valence-electron chi connectivity index (χ2n) is 7.90. The predicted octanol–water partition coefficient (Wildman–Crippen LogP) is 2.86. The summed E-state index contributed by atoms with van der Waals surface area (Å²) in [5, 5.41) is 6.61. The van der Waals surface area contributed by atoms with Gasteiger partial charge in [-0.1, -0.05) is 12.1 Å². The average molecular weight is 430 g/mol. The highest BCUT2D eigenvalue weighted by molar-refractivity contribution is 5.93. The molecule has 1 aliphatic heterocycles. The van der Waals surface area contributed by atoms with Crippen LogP contribution in [-0.2, 0) is 6.54 Å². The van der Waals surface area contributed by atoms with E-state index in [0.717, 1.165) is 31.6 Å². The monoisotopic (exact) mass is 429 g/mol. The van der Waals surface area contributed by atoms with Crippen molar-refractivity contribution in [2.24, 2.45) is 10.9 Å². The van der Waals surface area contributed by atoms with Crippen LogP contribution in [0.5, 0.6) is 0 Å². The molecule has 2 aromatic carbocycles. The zero-order valence-electron chi connectivity index (χ0n) is 18.2. The van der Waals surface area contributed by atoms with Gasteiger partial charge in [-0.05, 0) is 42.2 Å². The second-order valence-corrected chi connectivity index (χ2v) is 7.90. The molecule has 1 aliphatic rings. The largest absolute Gasteiger partial charge is 0.371 e. The lowest BCUT2D eigenvalue weighted by atomic mass is 10.1. The highest BCUT2D eigenvalue weighted by Crippen LogP contribution is 2.25.